The molecule has 0 aliphatic heterocycles. The predicted octanol–water partition coefficient (Wildman–Crippen LogP) is 3.76. The lowest BCUT2D eigenvalue weighted by molar-refractivity contribution is -0.121. The summed E-state index contributed by atoms with van der Waals surface area (Å²) in [7, 11) is 0. The zero-order chi connectivity index (χ0) is 15.9. The van der Waals surface area contributed by atoms with Gasteiger partial charge in [-0.25, -0.2) is 4.39 Å². The predicted molar refractivity (Wildman–Crippen MR) is 83.3 cm³/mol. The van der Waals surface area contributed by atoms with Crippen LogP contribution >= 0.6 is 11.6 Å². The van der Waals surface area contributed by atoms with Gasteiger partial charge >= 0.3 is 0 Å². The number of carbonyl (C=O) groups is 2. The van der Waals surface area contributed by atoms with Crippen LogP contribution in [0, 0.1) is 5.82 Å². The highest BCUT2D eigenvalue weighted by Crippen LogP contribution is 2.11. The van der Waals surface area contributed by atoms with Gasteiger partial charge in [-0.3, -0.25) is 9.59 Å². The van der Waals surface area contributed by atoms with Crippen LogP contribution in [0.5, 0.6) is 0 Å². The van der Waals surface area contributed by atoms with E-state index in [2.05, 4.69) is 5.32 Å². The Morgan fingerprint density at radius 2 is 1.77 bits per heavy atom. The van der Waals surface area contributed by atoms with Gasteiger partial charge in [0.2, 0.25) is 5.91 Å². The Morgan fingerprint density at radius 3 is 2.45 bits per heavy atom. The number of nitrogens with one attached hydrogen (secondary N) is 1. The molecule has 0 bridgehead atoms. The van der Waals surface area contributed by atoms with Gasteiger partial charge < -0.3 is 5.32 Å². The molecule has 22 heavy (non-hydrogen) atoms. The Bertz CT molecular complexity index is 671. The number of hydrogen-bond acceptors (Lipinski definition) is 2. The molecule has 2 rings (SSSR count). The summed E-state index contributed by atoms with van der Waals surface area (Å²) in [5.74, 6) is -0.788. The molecule has 0 aliphatic carbocycles. The molecule has 3 nitrogen and oxygen atoms in total. The van der Waals surface area contributed by atoms with E-state index in [4.69, 9.17) is 11.6 Å². The molecule has 0 radical (unpaired) electrons. The largest absolute Gasteiger partial charge is 0.352 e. The van der Waals surface area contributed by atoms with Crippen LogP contribution in [0.4, 0.5) is 4.39 Å². The van der Waals surface area contributed by atoms with E-state index in [-0.39, 0.29) is 24.5 Å². The zero-order valence-electron chi connectivity index (χ0n) is 11.8. The highest BCUT2D eigenvalue weighted by atomic mass is 35.5. The molecule has 1 amide bonds. The molecule has 1 N–H and O–H groups in total. The maximum atomic E-state index is 12.8. The molecule has 0 fully saturated rings. The molecule has 2 aromatic rings. The monoisotopic (exact) mass is 319 g/mol. The van der Waals surface area contributed by atoms with E-state index >= 15 is 0 Å². The molecule has 0 aliphatic rings. The first-order valence-electron chi connectivity index (χ1n) is 6.84. The van der Waals surface area contributed by atoms with Crippen LogP contribution in [0.15, 0.2) is 48.5 Å². The van der Waals surface area contributed by atoms with Crippen LogP contribution in [0.1, 0.15) is 28.8 Å². The number of carbonyl (C=O) groups excluding carboxylic acids is 2. The Morgan fingerprint density at radius 1 is 1.05 bits per heavy atom. The number of Topliss-reactive ketones (excluding diaryl/α,β-unsaturated/α-hetero) is 1. The van der Waals surface area contributed by atoms with Crippen LogP contribution in [0.2, 0.25) is 5.02 Å². The lowest BCUT2D eigenvalue weighted by atomic mass is 10.1. The van der Waals surface area contributed by atoms with Gasteiger partial charge in [0, 0.05) is 30.0 Å². The van der Waals surface area contributed by atoms with Crippen molar-refractivity contribution in [3.8, 4) is 0 Å². The summed E-state index contributed by atoms with van der Waals surface area (Å²) in [5.41, 5.74) is 1.30. The average Bonchev–Trinajstić information content (AvgIpc) is 2.51. The molecular formula is C17H15ClFNO2. The molecule has 114 valence electrons. The fraction of sp³-hybridized carbons (Fsp3) is 0.176. The second kappa shape index (κ2) is 7.71. The van der Waals surface area contributed by atoms with Gasteiger partial charge in [0.1, 0.15) is 5.82 Å². The van der Waals surface area contributed by atoms with E-state index in [9.17, 15) is 14.0 Å². The molecule has 0 unspecified atom stereocenters. The van der Waals surface area contributed by atoms with Gasteiger partial charge in [-0.15, -0.1) is 0 Å². The zero-order valence-corrected chi connectivity index (χ0v) is 12.6. The number of rotatable bonds is 6. The molecule has 0 saturated heterocycles. The maximum Gasteiger partial charge on any atom is 0.220 e. The van der Waals surface area contributed by atoms with E-state index in [0.29, 0.717) is 17.1 Å². The topological polar surface area (TPSA) is 46.2 Å². The minimum atomic E-state index is -0.393. The van der Waals surface area contributed by atoms with E-state index in [1.54, 1.807) is 12.1 Å². The SMILES string of the molecule is O=C(CCC(=O)c1ccc(F)cc1)NCc1cccc(Cl)c1. The average molecular weight is 320 g/mol. The number of ketones is 1. The first kappa shape index (κ1) is 16.2. The summed E-state index contributed by atoms with van der Waals surface area (Å²) in [6.07, 6.45) is 0.184. The summed E-state index contributed by atoms with van der Waals surface area (Å²) >= 11 is 5.86. The minimum Gasteiger partial charge on any atom is -0.352 e. The van der Waals surface area contributed by atoms with Gasteiger partial charge in [-0.05, 0) is 42.0 Å². The molecule has 0 saturated carbocycles. The fourth-order valence-corrected chi connectivity index (χ4v) is 2.16. The van der Waals surface area contributed by atoms with E-state index in [1.807, 2.05) is 12.1 Å². The Balaban J connectivity index is 1.78. The second-order valence-corrected chi connectivity index (χ2v) is 5.27. The molecule has 0 spiro atoms. The van der Waals surface area contributed by atoms with E-state index < -0.39 is 5.82 Å². The van der Waals surface area contributed by atoms with Crippen molar-refractivity contribution in [3.63, 3.8) is 0 Å². The Kier molecular flexibility index (Phi) is 5.67. The van der Waals surface area contributed by atoms with Crippen molar-refractivity contribution in [2.24, 2.45) is 0 Å². The summed E-state index contributed by atoms with van der Waals surface area (Å²) in [6.45, 7) is 0.365. The minimum absolute atomic E-state index is 0.0903. The maximum absolute atomic E-state index is 12.8. The first-order chi connectivity index (χ1) is 10.5. The van der Waals surface area contributed by atoms with Crippen molar-refractivity contribution in [3.05, 3.63) is 70.5 Å². The molecule has 0 heterocycles. The van der Waals surface area contributed by atoms with Crippen LogP contribution in [-0.4, -0.2) is 11.7 Å². The van der Waals surface area contributed by atoms with Crippen LogP contribution in [0.3, 0.4) is 0 Å². The number of benzene rings is 2. The van der Waals surface area contributed by atoms with Gasteiger partial charge in [-0.1, -0.05) is 23.7 Å². The summed E-state index contributed by atoms with van der Waals surface area (Å²) in [6, 6.07) is 12.5. The standard InChI is InChI=1S/C17H15ClFNO2/c18-14-3-1-2-12(10-14)11-20-17(22)9-8-16(21)13-4-6-15(19)7-5-13/h1-7,10H,8-9,11H2,(H,20,22). The van der Waals surface area contributed by atoms with Gasteiger partial charge in [0.25, 0.3) is 0 Å². The van der Waals surface area contributed by atoms with Crippen LogP contribution in [-0.2, 0) is 11.3 Å². The third kappa shape index (κ3) is 4.97. The van der Waals surface area contributed by atoms with Crippen LogP contribution in [0.25, 0.3) is 0 Å². The highest BCUT2D eigenvalue weighted by molar-refractivity contribution is 6.30. The quantitative estimate of drug-likeness (QED) is 0.824. The lowest BCUT2D eigenvalue weighted by Gasteiger charge is -2.06. The molecule has 0 aromatic heterocycles. The Hall–Kier alpha value is -2.20. The summed E-state index contributed by atoms with van der Waals surface area (Å²) in [5, 5.41) is 3.34. The lowest BCUT2D eigenvalue weighted by Crippen LogP contribution is -2.23. The number of hydrogen-bond donors (Lipinski definition) is 1. The molecule has 5 heteroatoms. The van der Waals surface area contributed by atoms with E-state index in [0.717, 1.165) is 5.56 Å². The fourth-order valence-electron chi connectivity index (χ4n) is 1.94. The van der Waals surface area contributed by atoms with Crippen molar-refractivity contribution in [1.29, 1.82) is 0 Å². The van der Waals surface area contributed by atoms with Crippen molar-refractivity contribution in [1.82, 2.24) is 5.32 Å². The molecule has 0 atom stereocenters. The molecule has 2 aromatic carbocycles. The second-order valence-electron chi connectivity index (χ2n) is 4.84. The van der Waals surface area contributed by atoms with Crippen LogP contribution < -0.4 is 5.32 Å². The Labute approximate surface area is 133 Å². The number of amides is 1. The first-order valence-corrected chi connectivity index (χ1v) is 7.22. The van der Waals surface area contributed by atoms with Crippen molar-refractivity contribution in [2.75, 3.05) is 0 Å². The summed E-state index contributed by atoms with van der Waals surface area (Å²) < 4.78 is 12.8. The number of halogens is 2. The normalized spacial score (nSPS) is 10.3. The molecular weight excluding hydrogens is 305 g/mol. The smallest absolute Gasteiger partial charge is 0.220 e. The van der Waals surface area contributed by atoms with E-state index in [1.165, 1.54) is 24.3 Å². The van der Waals surface area contributed by atoms with Gasteiger partial charge in [-0.2, -0.15) is 0 Å². The van der Waals surface area contributed by atoms with Crippen molar-refractivity contribution < 1.29 is 14.0 Å². The van der Waals surface area contributed by atoms with Crippen molar-refractivity contribution in [2.45, 2.75) is 19.4 Å². The summed E-state index contributed by atoms with van der Waals surface area (Å²) in [4.78, 5) is 23.6. The van der Waals surface area contributed by atoms with Gasteiger partial charge in [0.05, 0.1) is 0 Å². The van der Waals surface area contributed by atoms with Gasteiger partial charge in [0.15, 0.2) is 5.78 Å². The third-order valence-corrected chi connectivity index (χ3v) is 3.36. The van der Waals surface area contributed by atoms with Crippen molar-refractivity contribution >= 4 is 23.3 Å². The third-order valence-electron chi connectivity index (χ3n) is 3.12. The highest BCUT2D eigenvalue weighted by Gasteiger charge is 2.09.